The molecular weight excluding hydrogens is 316 g/mol. The van der Waals surface area contributed by atoms with Gasteiger partial charge in [-0.2, -0.15) is 0 Å². The van der Waals surface area contributed by atoms with E-state index in [9.17, 15) is 0 Å². The first-order valence-corrected chi connectivity index (χ1v) is 2.56. The second-order valence-electron chi connectivity index (χ2n) is 1.31. The molecule has 8 heavy (non-hydrogen) atoms. The zero-order valence-electron chi connectivity index (χ0n) is 5.01. The van der Waals surface area contributed by atoms with E-state index >= 15 is 0 Å². The average molecular weight is 328 g/mol. The van der Waals surface area contributed by atoms with Crippen LogP contribution >= 0.6 is 50.9 Å². The van der Waals surface area contributed by atoms with Crippen molar-refractivity contribution in [2.75, 3.05) is 0 Å². The first-order valence-electron chi connectivity index (χ1n) is 1.98. The van der Waals surface area contributed by atoms with Crippen LogP contribution in [0.15, 0.2) is 0 Å². The predicted octanol–water partition coefficient (Wildman–Crippen LogP) is 3.11. The Hall–Kier alpha value is 1.66. The van der Waals surface area contributed by atoms with Crippen molar-refractivity contribution in [2.24, 2.45) is 0 Å². The van der Waals surface area contributed by atoms with E-state index in [1.54, 1.807) is 0 Å². The van der Waals surface area contributed by atoms with Crippen molar-refractivity contribution in [3.8, 4) is 0 Å². The molecule has 0 saturated carbocycles. The Labute approximate surface area is 86.5 Å². The summed E-state index contributed by atoms with van der Waals surface area (Å²) < 4.78 is 0. The molecule has 3 radical (unpaired) electrons. The highest BCUT2D eigenvalue weighted by Crippen LogP contribution is 1.97. The van der Waals surface area contributed by atoms with Gasteiger partial charge in [0.25, 0.3) is 0 Å². The van der Waals surface area contributed by atoms with Gasteiger partial charge < -0.3 is 0 Å². The van der Waals surface area contributed by atoms with Gasteiger partial charge in [0.1, 0.15) is 0 Å². The molecule has 0 aliphatic carbocycles. The van der Waals surface area contributed by atoms with Crippen molar-refractivity contribution in [1.29, 1.82) is 0 Å². The zero-order chi connectivity index (χ0) is 4.28. The molecule has 0 fully saturated rings. The van der Waals surface area contributed by atoms with Crippen molar-refractivity contribution in [3.63, 3.8) is 0 Å². The van der Waals surface area contributed by atoms with Gasteiger partial charge >= 0.3 is 0 Å². The molecule has 0 N–H and O–H groups in total. The van der Waals surface area contributed by atoms with E-state index in [4.69, 9.17) is 0 Å². The lowest BCUT2D eigenvalue weighted by Gasteiger charge is -1.89. The quantitative estimate of drug-likeness (QED) is 0.649. The van der Waals surface area contributed by atoms with Crippen LogP contribution in [0.4, 0.5) is 0 Å². The number of rotatable bonds is 1. The van der Waals surface area contributed by atoms with Crippen molar-refractivity contribution in [2.45, 2.75) is 25.8 Å². The summed E-state index contributed by atoms with van der Waals surface area (Å²) in [5, 5.41) is 0. The third kappa shape index (κ3) is 25.4. The van der Waals surface area contributed by atoms with Gasteiger partial charge in [0.05, 0.1) is 0 Å². The molecule has 0 saturated heterocycles. The average Bonchev–Trinajstić information content (AvgIpc) is 1.38. The van der Waals surface area contributed by atoms with Gasteiger partial charge in [0.15, 0.2) is 0 Å². The molecule has 0 bridgehead atoms. The van der Waals surface area contributed by atoms with Crippen LogP contribution in [-0.2, 0) is 0 Å². The van der Waals surface area contributed by atoms with Crippen LogP contribution in [0.1, 0.15) is 20.3 Å². The molecule has 0 aromatic carbocycles. The summed E-state index contributed by atoms with van der Waals surface area (Å²) in [4.78, 5) is 0. The van der Waals surface area contributed by atoms with Gasteiger partial charge in [-0.15, -0.1) is 50.9 Å². The largest absolute Gasteiger partial charge is 0.114 e. The van der Waals surface area contributed by atoms with Crippen molar-refractivity contribution >= 4 is 61.2 Å². The fraction of sp³-hybridized carbons (Fsp3) is 1.00. The van der Waals surface area contributed by atoms with E-state index < -0.39 is 0 Å². The van der Waals surface area contributed by atoms with Crippen molar-refractivity contribution in [1.82, 2.24) is 0 Å². The van der Waals surface area contributed by atoms with E-state index in [-0.39, 0.29) is 50.9 Å². The topological polar surface area (TPSA) is 0 Å². The molecule has 1 unspecified atom stereocenters. The summed E-state index contributed by atoms with van der Waals surface area (Å²) in [5.41, 5.74) is 0.690. The second kappa shape index (κ2) is 15.9. The van der Waals surface area contributed by atoms with Gasteiger partial charge in [-0.3, -0.25) is 0 Å². The van der Waals surface area contributed by atoms with Gasteiger partial charge in [0.2, 0.25) is 0 Å². The molecule has 0 spiro atoms. The minimum absolute atomic E-state index is 0. The minimum atomic E-state index is 0. The third-order valence-corrected chi connectivity index (χ3v) is 1.02. The first-order chi connectivity index (χ1) is 2.27. The summed E-state index contributed by atoms with van der Waals surface area (Å²) in [5.74, 6) is 0. The number of halogens is 3. The molecule has 0 aromatic heterocycles. The Kier molecular flexibility index (Phi) is 44.8. The summed E-state index contributed by atoms with van der Waals surface area (Å²) in [7, 11) is 3.42. The molecular formula is C4H12Br3Si. The fourth-order valence-corrected chi connectivity index (χ4v) is 0. The van der Waals surface area contributed by atoms with E-state index in [1.807, 2.05) is 0 Å². The van der Waals surface area contributed by atoms with Crippen molar-refractivity contribution < 1.29 is 0 Å². The Morgan fingerprint density at radius 3 is 1.38 bits per heavy atom. The van der Waals surface area contributed by atoms with Gasteiger partial charge in [-0.05, 0) is 0 Å². The summed E-state index contributed by atoms with van der Waals surface area (Å²) in [6.45, 7) is 4.29. The van der Waals surface area contributed by atoms with E-state index in [2.05, 4.69) is 24.1 Å². The van der Waals surface area contributed by atoms with E-state index in [0.717, 1.165) is 0 Å². The Morgan fingerprint density at radius 2 is 1.38 bits per heavy atom. The van der Waals surface area contributed by atoms with Crippen LogP contribution in [-0.4, -0.2) is 10.2 Å². The van der Waals surface area contributed by atoms with Crippen LogP contribution in [0, 0.1) is 0 Å². The highest BCUT2D eigenvalue weighted by molar-refractivity contribution is 8.93. The van der Waals surface area contributed by atoms with E-state index in [1.165, 1.54) is 6.42 Å². The molecule has 0 aliphatic rings. The standard InChI is InChI=1S/C4H9Si.3BrH/c1-3-4(2)5;;;/h4H,3H2,1-2H3;3*1H. The Balaban J connectivity index is -0.0000000267. The number of hydrogen-bond acceptors (Lipinski definition) is 0. The molecule has 0 amide bonds. The van der Waals surface area contributed by atoms with Crippen LogP contribution in [0.5, 0.6) is 0 Å². The molecule has 0 aliphatic heterocycles. The van der Waals surface area contributed by atoms with Gasteiger partial charge in [-0.25, -0.2) is 0 Å². The molecule has 1 atom stereocenters. The van der Waals surface area contributed by atoms with Crippen LogP contribution in [0.3, 0.4) is 0 Å². The lowest BCUT2D eigenvalue weighted by atomic mass is 10.4. The molecule has 0 nitrogen and oxygen atoms in total. The minimum Gasteiger partial charge on any atom is -0.114 e. The van der Waals surface area contributed by atoms with Crippen LogP contribution < -0.4 is 0 Å². The molecule has 4 heteroatoms. The van der Waals surface area contributed by atoms with Gasteiger partial charge in [-0.1, -0.05) is 25.8 Å². The SMILES string of the molecule is Br.Br.Br.CCC(C)[Si]. The van der Waals surface area contributed by atoms with Crippen LogP contribution in [0.25, 0.3) is 0 Å². The van der Waals surface area contributed by atoms with E-state index in [0.29, 0.717) is 5.54 Å². The normalized spacial score (nSPS) is 9.38. The lowest BCUT2D eigenvalue weighted by molar-refractivity contribution is 0.880. The Bertz CT molecular complexity index is 25.2. The van der Waals surface area contributed by atoms with Gasteiger partial charge in [0, 0.05) is 10.2 Å². The highest BCUT2D eigenvalue weighted by atomic mass is 79.9. The maximum absolute atomic E-state index is 3.42. The second-order valence-corrected chi connectivity index (χ2v) is 2.29. The summed E-state index contributed by atoms with van der Waals surface area (Å²) in [6.07, 6.45) is 1.22. The monoisotopic (exact) mass is 325 g/mol. The predicted molar refractivity (Wildman–Crippen MR) is 56.4 cm³/mol. The van der Waals surface area contributed by atoms with Crippen molar-refractivity contribution in [3.05, 3.63) is 0 Å². The summed E-state index contributed by atoms with van der Waals surface area (Å²) in [6, 6.07) is 0. The number of hydrogen-bond donors (Lipinski definition) is 0. The highest BCUT2D eigenvalue weighted by Gasteiger charge is 1.80. The first kappa shape index (κ1) is 22.6. The molecule has 0 heterocycles. The molecule has 53 valence electrons. The van der Waals surface area contributed by atoms with Crippen LogP contribution in [0.2, 0.25) is 5.54 Å². The smallest absolute Gasteiger partial charge is 0.0262 e. The summed E-state index contributed by atoms with van der Waals surface area (Å²) >= 11 is 0. The molecule has 0 rings (SSSR count). The lowest BCUT2D eigenvalue weighted by Crippen LogP contribution is -1.76. The third-order valence-electron chi connectivity index (χ3n) is 0.612. The zero-order valence-corrected chi connectivity index (χ0v) is 11.1. The maximum atomic E-state index is 3.42. The molecule has 0 aromatic rings. The Morgan fingerprint density at radius 1 is 1.25 bits per heavy atom. The fourth-order valence-electron chi connectivity index (χ4n) is 0. The maximum Gasteiger partial charge on any atom is 0.0262 e.